The topological polar surface area (TPSA) is 58.1 Å². The fourth-order valence-corrected chi connectivity index (χ4v) is 4.06. The van der Waals surface area contributed by atoms with E-state index in [-0.39, 0.29) is 24.0 Å². The zero-order valence-corrected chi connectivity index (χ0v) is 19.8. The van der Waals surface area contributed by atoms with Crippen LogP contribution in [0, 0.1) is 0 Å². The lowest BCUT2D eigenvalue weighted by molar-refractivity contribution is 0.260. The van der Waals surface area contributed by atoms with Gasteiger partial charge in [0.05, 0.1) is 13.7 Å². The average molecular weight is 516 g/mol. The molecule has 1 aromatic heterocycles. The van der Waals surface area contributed by atoms with Gasteiger partial charge in [0.2, 0.25) is 0 Å². The number of fused-ring (bicyclic) bond motifs is 1. The summed E-state index contributed by atoms with van der Waals surface area (Å²) in [7, 11) is 3.42. The number of anilines is 1. The van der Waals surface area contributed by atoms with E-state index in [2.05, 4.69) is 32.0 Å². The van der Waals surface area contributed by atoms with Crippen LogP contribution in [0.5, 0.6) is 11.5 Å². The van der Waals surface area contributed by atoms with E-state index in [0.717, 1.165) is 50.0 Å². The molecule has 0 saturated carbocycles. The van der Waals surface area contributed by atoms with Crippen molar-refractivity contribution in [2.45, 2.75) is 19.9 Å². The highest BCUT2D eigenvalue weighted by atomic mass is 127. The van der Waals surface area contributed by atoms with Crippen LogP contribution >= 0.6 is 35.3 Å². The van der Waals surface area contributed by atoms with E-state index in [1.54, 1.807) is 19.0 Å². The van der Waals surface area contributed by atoms with Crippen molar-refractivity contribution in [1.82, 2.24) is 10.2 Å². The highest BCUT2D eigenvalue weighted by Gasteiger charge is 2.16. The summed E-state index contributed by atoms with van der Waals surface area (Å²) in [6.45, 7) is 6.56. The van der Waals surface area contributed by atoms with E-state index in [0.29, 0.717) is 12.4 Å². The van der Waals surface area contributed by atoms with Gasteiger partial charge in [-0.2, -0.15) is 0 Å². The number of aliphatic imine (C=N–C) groups is 1. The maximum absolute atomic E-state index is 5.56. The van der Waals surface area contributed by atoms with Crippen molar-refractivity contribution in [3.05, 3.63) is 40.1 Å². The van der Waals surface area contributed by atoms with Gasteiger partial charge in [0.25, 0.3) is 0 Å². The molecule has 3 rings (SSSR count). The van der Waals surface area contributed by atoms with Crippen molar-refractivity contribution in [1.29, 1.82) is 0 Å². The van der Waals surface area contributed by atoms with Crippen molar-refractivity contribution >= 4 is 47.0 Å². The third kappa shape index (κ3) is 5.99. The number of rotatable bonds is 7. The molecule has 1 aromatic carbocycles. The molecular formula is C20H29IN4O2S. The second-order valence-corrected chi connectivity index (χ2v) is 7.32. The molecule has 0 radical (unpaired) electrons. The summed E-state index contributed by atoms with van der Waals surface area (Å²) in [5, 5.41) is 8.89. The van der Waals surface area contributed by atoms with Crippen LogP contribution in [0.25, 0.3) is 0 Å². The molecule has 0 saturated heterocycles. The van der Waals surface area contributed by atoms with Crippen LogP contribution in [0.2, 0.25) is 0 Å². The van der Waals surface area contributed by atoms with E-state index >= 15 is 0 Å². The van der Waals surface area contributed by atoms with Crippen molar-refractivity contribution in [2.75, 3.05) is 45.7 Å². The van der Waals surface area contributed by atoms with Crippen LogP contribution in [0.15, 0.2) is 34.6 Å². The molecular weight excluding hydrogens is 487 g/mol. The van der Waals surface area contributed by atoms with Crippen molar-refractivity contribution in [2.24, 2.45) is 4.99 Å². The quantitative estimate of drug-likeness (QED) is 0.333. The highest BCUT2D eigenvalue weighted by molar-refractivity contribution is 14.0. The lowest BCUT2D eigenvalue weighted by Crippen LogP contribution is -2.39. The third-order valence-electron chi connectivity index (χ3n) is 4.56. The van der Waals surface area contributed by atoms with Crippen LogP contribution in [0.3, 0.4) is 0 Å². The highest BCUT2D eigenvalue weighted by Crippen LogP contribution is 2.30. The summed E-state index contributed by atoms with van der Waals surface area (Å²) >= 11 is 1.88. The smallest absolute Gasteiger partial charge is 0.195 e. The molecule has 0 bridgehead atoms. The molecule has 0 unspecified atom stereocenters. The molecule has 2 heterocycles. The molecule has 0 fully saturated rings. The van der Waals surface area contributed by atoms with Gasteiger partial charge in [-0.25, -0.2) is 0 Å². The number of nitrogens with zero attached hydrogens (tertiary/aromatic N) is 2. The molecule has 1 aliphatic heterocycles. The Hall–Kier alpha value is -1.52. The van der Waals surface area contributed by atoms with E-state index in [9.17, 15) is 0 Å². The van der Waals surface area contributed by atoms with Crippen LogP contribution in [0.4, 0.5) is 5.69 Å². The Balaban J connectivity index is 0.00000280. The van der Waals surface area contributed by atoms with Crippen LogP contribution in [-0.2, 0) is 13.0 Å². The summed E-state index contributed by atoms with van der Waals surface area (Å²) in [6, 6.07) is 8.03. The Bertz CT molecular complexity index is 781. The number of ether oxygens (including phenoxy) is 2. The third-order valence-corrected chi connectivity index (χ3v) is 5.58. The average Bonchev–Trinajstić information content (AvgIpc) is 3.16. The largest absolute Gasteiger partial charge is 0.493 e. The van der Waals surface area contributed by atoms with Gasteiger partial charge in [-0.1, -0.05) is 0 Å². The lowest BCUT2D eigenvalue weighted by atomic mass is 10.1. The van der Waals surface area contributed by atoms with Gasteiger partial charge >= 0.3 is 0 Å². The fourth-order valence-electron chi connectivity index (χ4n) is 3.17. The van der Waals surface area contributed by atoms with Gasteiger partial charge in [0.15, 0.2) is 17.5 Å². The fraction of sp³-hybridized carbons (Fsp3) is 0.450. The number of halogens is 1. The van der Waals surface area contributed by atoms with E-state index in [1.165, 1.54) is 5.56 Å². The lowest BCUT2D eigenvalue weighted by Gasteiger charge is -2.27. The molecule has 8 heteroatoms. The number of benzene rings is 1. The van der Waals surface area contributed by atoms with Crippen molar-refractivity contribution in [3.8, 4) is 11.5 Å². The van der Waals surface area contributed by atoms with Gasteiger partial charge in [-0.3, -0.25) is 9.89 Å². The minimum absolute atomic E-state index is 0. The zero-order valence-electron chi connectivity index (χ0n) is 16.7. The maximum Gasteiger partial charge on any atom is 0.195 e. The van der Waals surface area contributed by atoms with Gasteiger partial charge in [0.1, 0.15) is 0 Å². The number of thiophene rings is 1. The summed E-state index contributed by atoms with van der Waals surface area (Å²) in [4.78, 5) is 8.34. The molecule has 0 spiro atoms. The Kier molecular flexibility index (Phi) is 9.33. The molecule has 1 aliphatic rings. The first-order valence-electron chi connectivity index (χ1n) is 9.29. The minimum Gasteiger partial charge on any atom is -0.493 e. The molecule has 2 N–H and O–H groups in total. The van der Waals surface area contributed by atoms with Gasteiger partial charge in [-0.05, 0) is 42.5 Å². The summed E-state index contributed by atoms with van der Waals surface area (Å²) < 4.78 is 11.0. The number of nitrogens with one attached hydrogen (secondary N) is 2. The first-order valence-corrected chi connectivity index (χ1v) is 10.2. The molecule has 154 valence electrons. The Morgan fingerprint density at radius 2 is 2.14 bits per heavy atom. The molecule has 0 amide bonds. The number of guanidine groups is 1. The Morgan fingerprint density at radius 1 is 1.29 bits per heavy atom. The second kappa shape index (κ2) is 11.5. The number of methoxy groups -OCH3 is 1. The standard InChI is InChI=1S/C20H28N4O2S.HI/c1-4-26-17-6-5-16(13-18(17)25-3)23-20(21-2)22-9-11-24-10-7-19-15(14-24)8-12-27-19;/h5-6,8,12-13H,4,7,9-11,14H2,1-3H3,(H2,21,22,23);1H. The molecule has 2 aromatic rings. The Morgan fingerprint density at radius 3 is 2.89 bits per heavy atom. The van der Waals surface area contributed by atoms with Gasteiger partial charge < -0.3 is 20.1 Å². The predicted octanol–water partition coefficient (Wildman–Crippen LogP) is 3.82. The minimum atomic E-state index is 0. The van der Waals surface area contributed by atoms with Crippen LogP contribution < -0.4 is 20.1 Å². The zero-order chi connectivity index (χ0) is 19.1. The van der Waals surface area contributed by atoms with Crippen LogP contribution in [0.1, 0.15) is 17.4 Å². The molecule has 28 heavy (non-hydrogen) atoms. The normalized spacial score (nSPS) is 14.0. The van der Waals surface area contributed by atoms with E-state index < -0.39 is 0 Å². The predicted molar refractivity (Wildman–Crippen MR) is 128 cm³/mol. The number of hydrogen-bond donors (Lipinski definition) is 2. The van der Waals surface area contributed by atoms with E-state index in [1.807, 2.05) is 36.5 Å². The first-order chi connectivity index (χ1) is 13.2. The van der Waals surface area contributed by atoms with Crippen molar-refractivity contribution in [3.63, 3.8) is 0 Å². The second-order valence-electron chi connectivity index (χ2n) is 6.32. The first kappa shape index (κ1) is 22.8. The van der Waals surface area contributed by atoms with Crippen molar-refractivity contribution < 1.29 is 9.47 Å². The van der Waals surface area contributed by atoms with Gasteiger partial charge in [-0.15, -0.1) is 35.3 Å². The maximum atomic E-state index is 5.56. The molecule has 6 nitrogen and oxygen atoms in total. The summed E-state index contributed by atoms with van der Waals surface area (Å²) in [5.41, 5.74) is 2.39. The monoisotopic (exact) mass is 516 g/mol. The molecule has 0 aliphatic carbocycles. The van der Waals surface area contributed by atoms with E-state index in [4.69, 9.17) is 9.47 Å². The van der Waals surface area contributed by atoms with Crippen LogP contribution in [-0.4, -0.2) is 51.3 Å². The Labute approximate surface area is 188 Å². The SMILES string of the molecule is CCOc1ccc(NC(=NC)NCCN2CCc3sccc3C2)cc1OC.I. The summed E-state index contributed by atoms with van der Waals surface area (Å²) in [5.74, 6) is 2.19. The number of hydrogen-bond acceptors (Lipinski definition) is 5. The molecule has 0 atom stereocenters. The summed E-state index contributed by atoms with van der Waals surface area (Å²) in [6.07, 6.45) is 1.16. The van der Waals surface area contributed by atoms with Gasteiger partial charge in [0, 0.05) is 49.9 Å².